The summed E-state index contributed by atoms with van der Waals surface area (Å²) in [5.74, 6) is 2.17. The van der Waals surface area contributed by atoms with E-state index in [1.807, 2.05) is 0 Å². The van der Waals surface area contributed by atoms with Gasteiger partial charge in [-0.25, -0.2) is 0 Å². The van der Waals surface area contributed by atoms with E-state index in [9.17, 15) is 0 Å². The number of fused-ring (bicyclic) bond motifs is 1. The Morgan fingerprint density at radius 3 is 3.06 bits per heavy atom. The average molecular weight is 256 g/mol. The van der Waals surface area contributed by atoms with Gasteiger partial charge in [0.2, 0.25) is 6.79 Å². The smallest absolute Gasteiger partial charge is 0.231 e. The Balaban J connectivity index is 2.15. The van der Waals surface area contributed by atoms with E-state index in [1.165, 1.54) is 0 Å². The minimum Gasteiger partial charge on any atom is -0.495 e. The van der Waals surface area contributed by atoms with E-state index < -0.39 is 0 Å². The molecule has 1 aromatic rings. The van der Waals surface area contributed by atoms with Crippen molar-refractivity contribution in [1.82, 2.24) is 5.32 Å². The van der Waals surface area contributed by atoms with E-state index in [1.54, 1.807) is 13.2 Å². The highest BCUT2D eigenvalue weighted by molar-refractivity contribution is 6.32. The molecule has 4 nitrogen and oxygen atoms in total. The van der Waals surface area contributed by atoms with E-state index >= 15 is 0 Å². The number of ether oxygens (including phenoxy) is 3. The quantitative estimate of drug-likeness (QED) is 0.882. The first-order chi connectivity index (χ1) is 8.31. The van der Waals surface area contributed by atoms with Gasteiger partial charge in [0.15, 0.2) is 11.5 Å². The molecule has 0 bridgehead atoms. The Bertz CT molecular complexity index is 440. The maximum Gasteiger partial charge on any atom is 0.231 e. The van der Waals surface area contributed by atoms with Crippen LogP contribution in [0.2, 0.25) is 5.02 Å². The third-order valence-corrected chi connectivity index (χ3v) is 3.50. The van der Waals surface area contributed by atoms with Crippen molar-refractivity contribution >= 4 is 11.6 Å². The van der Waals surface area contributed by atoms with Crippen molar-refractivity contribution in [3.8, 4) is 17.2 Å². The highest BCUT2D eigenvalue weighted by Gasteiger charge is 2.31. The van der Waals surface area contributed by atoms with Gasteiger partial charge >= 0.3 is 0 Å². The molecule has 0 radical (unpaired) electrons. The molecule has 5 heteroatoms. The number of hydrogen-bond acceptors (Lipinski definition) is 4. The molecule has 1 atom stereocenters. The number of rotatable bonds is 2. The highest BCUT2D eigenvalue weighted by atomic mass is 35.5. The molecule has 2 aliphatic heterocycles. The molecule has 0 spiro atoms. The van der Waals surface area contributed by atoms with Crippen LogP contribution in [0.1, 0.15) is 24.4 Å². The van der Waals surface area contributed by atoms with Gasteiger partial charge in [0, 0.05) is 12.1 Å². The molecular formula is C12H14ClNO3. The lowest BCUT2D eigenvalue weighted by Crippen LogP contribution is -2.14. The lowest BCUT2D eigenvalue weighted by molar-refractivity contribution is 0.172. The molecule has 1 fully saturated rings. The average Bonchev–Trinajstić information content (AvgIpc) is 2.97. The Labute approximate surface area is 105 Å². The maximum atomic E-state index is 6.20. The van der Waals surface area contributed by atoms with Crippen molar-refractivity contribution in [3.05, 3.63) is 16.7 Å². The number of hydrogen-bond donors (Lipinski definition) is 1. The molecular weight excluding hydrogens is 242 g/mol. The zero-order chi connectivity index (χ0) is 11.8. The first kappa shape index (κ1) is 11.0. The first-order valence-corrected chi connectivity index (χ1v) is 6.08. The third kappa shape index (κ3) is 1.72. The predicted octanol–water partition coefficient (Wildman–Crippen LogP) is 2.50. The minimum absolute atomic E-state index is 0.235. The molecule has 1 aromatic carbocycles. The van der Waals surface area contributed by atoms with Gasteiger partial charge in [-0.2, -0.15) is 0 Å². The summed E-state index contributed by atoms with van der Waals surface area (Å²) < 4.78 is 16.3. The molecule has 0 aromatic heterocycles. The zero-order valence-corrected chi connectivity index (χ0v) is 10.3. The predicted molar refractivity (Wildman–Crippen MR) is 64.1 cm³/mol. The van der Waals surface area contributed by atoms with Gasteiger partial charge in [-0.05, 0) is 19.4 Å². The molecule has 1 saturated heterocycles. The number of benzene rings is 1. The Morgan fingerprint density at radius 2 is 2.35 bits per heavy atom. The summed E-state index contributed by atoms with van der Waals surface area (Å²) in [5, 5.41) is 4.00. The van der Waals surface area contributed by atoms with Crippen molar-refractivity contribution in [2.24, 2.45) is 0 Å². The second kappa shape index (κ2) is 4.27. The van der Waals surface area contributed by atoms with Gasteiger partial charge < -0.3 is 19.5 Å². The fourth-order valence-corrected chi connectivity index (χ4v) is 2.75. The van der Waals surface area contributed by atoms with Crippen LogP contribution in [0.15, 0.2) is 6.07 Å². The monoisotopic (exact) mass is 255 g/mol. The Kier molecular flexibility index (Phi) is 2.76. The van der Waals surface area contributed by atoms with Gasteiger partial charge in [0.1, 0.15) is 5.75 Å². The number of halogens is 1. The summed E-state index contributed by atoms with van der Waals surface area (Å²) in [5.41, 5.74) is 0.991. The molecule has 1 N–H and O–H groups in total. The van der Waals surface area contributed by atoms with Crippen LogP contribution in [-0.4, -0.2) is 20.4 Å². The van der Waals surface area contributed by atoms with E-state index in [-0.39, 0.29) is 12.8 Å². The molecule has 0 aliphatic carbocycles. The minimum atomic E-state index is 0.235. The second-order valence-electron chi connectivity index (χ2n) is 4.19. The standard InChI is InChI=1S/C12H14ClNO3/c1-15-11-7(13)5-9-12(17-6-16-9)10(11)8-3-2-4-14-8/h5,8,14H,2-4,6H2,1H3. The zero-order valence-electron chi connectivity index (χ0n) is 9.59. The fourth-order valence-electron chi connectivity index (χ4n) is 2.47. The Hall–Kier alpha value is -1.13. The van der Waals surface area contributed by atoms with E-state index in [0.29, 0.717) is 16.5 Å². The summed E-state index contributed by atoms with van der Waals surface area (Å²) in [7, 11) is 1.63. The molecule has 0 saturated carbocycles. The van der Waals surface area contributed by atoms with Crippen LogP contribution in [0.5, 0.6) is 17.2 Å². The van der Waals surface area contributed by atoms with Crippen molar-refractivity contribution in [3.63, 3.8) is 0 Å². The molecule has 2 aliphatic rings. The van der Waals surface area contributed by atoms with Crippen molar-refractivity contribution < 1.29 is 14.2 Å². The molecule has 2 heterocycles. The van der Waals surface area contributed by atoms with Gasteiger partial charge in [0.25, 0.3) is 0 Å². The Morgan fingerprint density at radius 1 is 1.47 bits per heavy atom. The number of nitrogens with one attached hydrogen (secondary N) is 1. The summed E-state index contributed by atoms with van der Waals surface area (Å²) in [6.45, 7) is 1.26. The fraction of sp³-hybridized carbons (Fsp3) is 0.500. The largest absolute Gasteiger partial charge is 0.495 e. The molecule has 0 amide bonds. The normalized spacial score (nSPS) is 21.9. The van der Waals surface area contributed by atoms with Crippen LogP contribution in [0, 0.1) is 0 Å². The summed E-state index contributed by atoms with van der Waals surface area (Å²) in [6, 6.07) is 1.99. The summed E-state index contributed by atoms with van der Waals surface area (Å²) >= 11 is 6.20. The third-order valence-electron chi connectivity index (χ3n) is 3.22. The van der Waals surface area contributed by atoms with Gasteiger partial charge in [-0.3, -0.25) is 0 Å². The lowest BCUT2D eigenvalue weighted by Gasteiger charge is -2.18. The number of methoxy groups -OCH3 is 1. The van der Waals surface area contributed by atoms with Crippen LogP contribution in [0.4, 0.5) is 0 Å². The molecule has 3 rings (SSSR count). The molecule has 17 heavy (non-hydrogen) atoms. The van der Waals surface area contributed by atoms with Crippen LogP contribution in [-0.2, 0) is 0 Å². The maximum absolute atomic E-state index is 6.20. The van der Waals surface area contributed by atoms with Crippen molar-refractivity contribution in [1.29, 1.82) is 0 Å². The van der Waals surface area contributed by atoms with Gasteiger partial charge in [-0.15, -0.1) is 0 Å². The van der Waals surface area contributed by atoms with Crippen molar-refractivity contribution in [2.45, 2.75) is 18.9 Å². The van der Waals surface area contributed by atoms with E-state index in [0.717, 1.165) is 30.7 Å². The van der Waals surface area contributed by atoms with Crippen LogP contribution < -0.4 is 19.5 Å². The molecule has 92 valence electrons. The van der Waals surface area contributed by atoms with Gasteiger partial charge in [0.05, 0.1) is 17.7 Å². The van der Waals surface area contributed by atoms with Crippen LogP contribution >= 0.6 is 11.6 Å². The summed E-state index contributed by atoms with van der Waals surface area (Å²) in [6.07, 6.45) is 2.21. The lowest BCUT2D eigenvalue weighted by atomic mass is 10.0. The topological polar surface area (TPSA) is 39.7 Å². The van der Waals surface area contributed by atoms with E-state index in [4.69, 9.17) is 25.8 Å². The highest BCUT2D eigenvalue weighted by Crippen LogP contribution is 2.49. The van der Waals surface area contributed by atoms with E-state index in [2.05, 4.69) is 5.32 Å². The first-order valence-electron chi connectivity index (χ1n) is 5.70. The SMILES string of the molecule is COc1c(Cl)cc2c(c1C1CCCN1)OCO2. The molecule has 1 unspecified atom stereocenters. The van der Waals surface area contributed by atoms with Gasteiger partial charge in [-0.1, -0.05) is 11.6 Å². The van der Waals surface area contributed by atoms with Crippen molar-refractivity contribution in [2.75, 3.05) is 20.4 Å². The van der Waals surface area contributed by atoms with Crippen LogP contribution in [0.3, 0.4) is 0 Å². The van der Waals surface area contributed by atoms with Crippen LogP contribution in [0.25, 0.3) is 0 Å². The summed E-state index contributed by atoms with van der Waals surface area (Å²) in [4.78, 5) is 0. The second-order valence-corrected chi connectivity index (χ2v) is 4.60.